The molecule has 2 aliphatic rings. The molecule has 1 aliphatic heterocycles. The second-order valence-electron chi connectivity index (χ2n) is 6.23. The zero-order chi connectivity index (χ0) is 13.7. The summed E-state index contributed by atoms with van der Waals surface area (Å²) in [5.41, 5.74) is 1.89. The van der Waals surface area contributed by atoms with Crippen LogP contribution in [0.5, 0.6) is 0 Å². The number of nitrogens with one attached hydrogen (secondary N) is 2. The Balaban J connectivity index is 1.63. The zero-order valence-corrected chi connectivity index (χ0v) is 12.2. The summed E-state index contributed by atoms with van der Waals surface area (Å²) >= 11 is 0. The summed E-state index contributed by atoms with van der Waals surface area (Å²) in [6, 6.07) is 10.9. The van der Waals surface area contributed by atoms with E-state index in [-0.39, 0.29) is 0 Å². The third-order valence-electron chi connectivity index (χ3n) is 4.61. The summed E-state index contributed by atoms with van der Waals surface area (Å²) in [6.45, 7) is 3.06. The molecule has 1 fully saturated rings. The molecule has 20 heavy (non-hydrogen) atoms. The number of nitrogens with zero attached hydrogens (tertiary/aromatic N) is 1. The van der Waals surface area contributed by atoms with Crippen molar-refractivity contribution in [1.29, 1.82) is 0 Å². The van der Waals surface area contributed by atoms with Gasteiger partial charge in [-0.3, -0.25) is 4.99 Å². The van der Waals surface area contributed by atoms with E-state index < -0.39 is 0 Å². The Hall–Kier alpha value is -1.51. The zero-order valence-electron chi connectivity index (χ0n) is 12.2. The fraction of sp³-hybridized carbons (Fsp3) is 0.588. The minimum Gasteiger partial charge on any atom is -0.356 e. The average Bonchev–Trinajstić information content (AvgIpc) is 2.96. The molecule has 0 bridgehead atoms. The van der Waals surface area contributed by atoms with Crippen molar-refractivity contribution in [3.63, 3.8) is 0 Å². The number of rotatable bonds is 4. The first-order valence-corrected chi connectivity index (χ1v) is 7.93. The molecule has 0 atom stereocenters. The standard InChI is InChI=1S/C17H25N3/c1-2-7-15(8-3-1)13-17(9-4-5-10-17)14-20-16-18-11-6-12-19-16/h1-3,7-8H,4-6,9-14H2,(H2,18,19,20). The summed E-state index contributed by atoms with van der Waals surface area (Å²) in [7, 11) is 0. The first-order chi connectivity index (χ1) is 9.86. The fourth-order valence-electron chi connectivity index (χ4n) is 3.49. The van der Waals surface area contributed by atoms with Gasteiger partial charge in [-0.05, 0) is 36.7 Å². The SMILES string of the molecule is c1ccc(CC2(CNC3=NCCCN3)CCCC2)cc1. The van der Waals surface area contributed by atoms with Crippen LogP contribution in [-0.4, -0.2) is 25.6 Å². The highest BCUT2D eigenvalue weighted by Crippen LogP contribution is 2.40. The topological polar surface area (TPSA) is 36.4 Å². The lowest BCUT2D eigenvalue weighted by Gasteiger charge is -2.31. The average molecular weight is 271 g/mol. The number of guanidine groups is 1. The molecule has 3 heteroatoms. The molecule has 0 aromatic heterocycles. The minimum absolute atomic E-state index is 0.420. The number of hydrogen-bond donors (Lipinski definition) is 2. The maximum atomic E-state index is 4.52. The summed E-state index contributed by atoms with van der Waals surface area (Å²) in [4.78, 5) is 4.52. The van der Waals surface area contributed by atoms with Gasteiger partial charge in [0.15, 0.2) is 5.96 Å². The van der Waals surface area contributed by atoms with Crippen molar-refractivity contribution in [1.82, 2.24) is 10.6 Å². The maximum Gasteiger partial charge on any atom is 0.191 e. The van der Waals surface area contributed by atoms with Gasteiger partial charge in [0.25, 0.3) is 0 Å². The molecule has 1 aromatic carbocycles. The second kappa shape index (κ2) is 6.29. The van der Waals surface area contributed by atoms with Crippen molar-refractivity contribution >= 4 is 5.96 Å². The van der Waals surface area contributed by atoms with Gasteiger partial charge < -0.3 is 10.6 Å². The predicted molar refractivity (Wildman–Crippen MR) is 84.0 cm³/mol. The van der Waals surface area contributed by atoms with E-state index in [2.05, 4.69) is 46.0 Å². The van der Waals surface area contributed by atoms with E-state index in [9.17, 15) is 0 Å². The van der Waals surface area contributed by atoms with Crippen molar-refractivity contribution in [2.45, 2.75) is 38.5 Å². The van der Waals surface area contributed by atoms with E-state index in [1.54, 1.807) is 0 Å². The van der Waals surface area contributed by atoms with Crippen molar-refractivity contribution in [2.75, 3.05) is 19.6 Å². The molecule has 0 unspecified atom stereocenters. The van der Waals surface area contributed by atoms with Gasteiger partial charge in [0.05, 0.1) is 0 Å². The normalized spacial score (nSPS) is 21.1. The smallest absolute Gasteiger partial charge is 0.191 e. The van der Waals surface area contributed by atoms with Crippen LogP contribution in [0.4, 0.5) is 0 Å². The van der Waals surface area contributed by atoms with Gasteiger partial charge in [0.2, 0.25) is 0 Å². The monoisotopic (exact) mass is 271 g/mol. The predicted octanol–water partition coefficient (Wildman–Crippen LogP) is 2.73. The molecule has 3 rings (SSSR count). The minimum atomic E-state index is 0.420. The molecule has 0 radical (unpaired) electrons. The van der Waals surface area contributed by atoms with E-state index in [0.29, 0.717) is 5.41 Å². The second-order valence-corrected chi connectivity index (χ2v) is 6.23. The van der Waals surface area contributed by atoms with Gasteiger partial charge >= 0.3 is 0 Å². The number of hydrogen-bond acceptors (Lipinski definition) is 3. The molecule has 0 amide bonds. The third-order valence-corrected chi connectivity index (χ3v) is 4.61. The van der Waals surface area contributed by atoms with Gasteiger partial charge in [-0.2, -0.15) is 0 Å². The van der Waals surface area contributed by atoms with Gasteiger partial charge in [-0.25, -0.2) is 0 Å². The van der Waals surface area contributed by atoms with Crippen LogP contribution in [0, 0.1) is 5.41 Å². The first kappa shape index (κ1) is 13.5. The van der Waals surface area contributed by atoms with E-state index in [4.69, 9.17) is 0 Å². The highest BCUT2D eigenvalue weighted by Gasteiger charge is 2.34. The summed E-state index contributed by atoms with van der Waals surface area (Å²) in [5, 5.41) is 6.93. The van der Waals surface area contributed by atoms with Crippen LogP contribution in [0.25, 0.3) is 0 Å². The molecule has 0 saturated heterocycles. The Kier molecular flexibility index (Phi) is 4.24. The molecular weight excluding hydrogens is 246 g/mol. The van der Waals surface area contributed by atoms with Gasteiger partial charge in [0, 0.05) is 19.6 Å². The lowest BCUT2D eigenvalue weighted by atomic mass is 9.80. The Morgan fingerprint density at radius 1 is 1.10 bits per heavy atom. The van der Waals surface area contributed by atoms with Crippen molar-refractivity contribution in [2.24, 2.45) is 10.4 Å². The summed E-state index contributed by atoms with van der Waals surface area (Å²) in [6.07, 6.45) is 7.75. The van der Waals surface area contributed by atoms with E-state index in [1.165, 1.54) is 37.7 Å². The molecule has 2 N–H and O–H groups in total. The van der Waals surface area contributed by atoms with Gasteiger partial charge in [0.1, 0.15) is 0 Å². The van der Waals surface area contributed by atoms with Crippen molar-refractivity contribution in [3.8, 4) is 0 Å². The first-order valence-electron chi connectivity index (χ1n) is 7.93. The molecule has 1 heterocycles. The Labute approximate surface area is 121 Å². The highest BCUT2D eigenvalue weighted by molar-refractivity contribution is 5.80. The van der Waals surface area contributed by atoms with Crippen LogP contribution in [-0.2, 0) is 6.42 Å². The van der Waals surface area contributed by atoms with E-state index in [0.717, 1.165) is 32.0 Å². The summed E-state index contributed by atoms with van der Waals surface area (Å²) in [5.74, 6) is 1.01. The van der Waals surface area contributed by atoms with E-state index >= 15 is 0 Å². The molecule has 108 valence electrons. The largest absolute Gasteiger partial charge is 0.356 e. The van der Waals surface area contributed by atoms with Crippen LogP contribution in [0.1, 0.15) is 37.7 Å². The molecule has 1 aliphatic carbocycles. The Bertz CT molecular complexity index is 447. The Morgan fingerprint density at radius 2 is 1.90 bits per heavy atom. The van der Waals surface area contributed by atoms with Crippen LogP contribution < -0.4 is 10.6 Å². The van der Waals surface area contributed by atoms with Crippen LogP contribution in [0.2, 0.25) is 0 Å². The number of benzene rings is 1. The fourth-order valence-corrected chi connectivity index (χ4v) is 3.49. The van der Waals surface area contributed by atoms with Gasteiger partial charge in [-0.15, -0.1) is 0 Å². The van der Waals surface area contributed by atoms with Gasteiger partial charge in [-0.1, -0.05) is 43.2 Å². The Morgan fingerprint density at radius 3 is 2.60 bits per heavy atom. The van der Waals surface area contributed by atoms with Crippen molar-refractivity contribution in [3.05, 3.63) is 35.9 Å². The highest BCUT2D eigenvalue weighted by atomic mass is 15.2. The lowest BCUT2D eigenvalue weighted by molar-refractivity contribution is 0.292. The number of aliphatic imine (C=N–C) groups is 1. The maximum absolute atomic E-state index is 4.52. The van der Waals surface area contributed by atoms with Crippen molar-refractivity contribution < 1.29 is 0 Å². The summed E-state index contributed by atoms with van der Waals surface area (Å²) < 4.78 is 0. The van der Waals surface area contributed by atoms with Crippen LogP contribution in [0.15, 0.2) is 35.3 Å². The molecule has 3 nitrogen and oxygen atoms in total. The molecule has 0 spiro atoms. The molecule has 1 aromatic rings. The quantitative estimate of drug-likeness (QED) is 0.883. The molecule has 1 saturated carbocycles. The molecular formula is C17H25N3. The van der Waals surface area contributed by atoms with E-state index in [1.807, 2.05) is 0 Å². The third kappa shape index (κ3) is 3.33. The lowest BCUT2D eigenvalue weighted by Crippen LogP contribution is -2.45. The van der Waals surface area contributed by atoms with Crippen LogP contribution >= 0.6 is 0 Å². The van der Waals surface area contributed by atoms with Crippen LogP contribution in [0.3, 0.4) is 0 Å².